The normalized spacial score (nSPS) is 10.4. The lowest BCUT2D eigenvalue weighted by Gasteiger charge is -2.04. The first-order valence-corrected chi connectivity index (χ1v) is 6.07. The second-order valence-corrected chi connectivity index (χ2v) is 4.21. The lowest BCUT2D eigenvalue weighted by molar-refractivity contribution is -0.122. The van der Waals surface area contributed by atoms with Crippen LogP contribution in [0.4, 0.5) is 0 Å². The van der Waals surface area contributed by atoms with Crippen molar-refractivity contribution < 1.29 is 9.53 Å². The first kappa shape index (κ1) is 13.7. The molecule has 0 spiro atoms. The van der Waals surface area contributed by atoms with Crippen LogP contribution in [0.1, 0.15) is 13.3 Å². The van der Waals surface area contributed by atoms with E-state index >= 15 is 0 Å². The number of ether oxygens (including phenoxy) is 1. The van der Waals surface area contributed by atoms with E-state index in [4.69, 9.17) is 10.5 Å². The summed E-state index contributed by atoms with van der Waals surface area (Å²) in [4.78, 5) is 10.3. The van der Waals surface area contributed by atoms with Crippen molar-refractivity contribution >= 4 is 17.7 Å². The van der Waals surface area contributed by atoms with Crippen molar-refractivity contribution in [3.05, 3.63) is 0 Å². The van der Waals surface area contributed by atoms with Gasteiger partial charge in [0.25, 0.3) is 0 Å². The van der Waals surface area contributed by atoms with Crippen molar-refractivity contribution in [1.82, 2.24) is 5.32 Å². The van der Waals surface area contributed by atoms with Crippen molar-refractivity contribution in [3.63, 3.8) is 0 Å². The fraction of sp³-hybridized carbons (Fsp3) is 0.889. The van der Waals surface area contributed by atoms with Crippen LogP contribution >= 0.6 is 11.8 Å². The lowest BCUT2D eigenvalue weighted by Crippen LogP contribution is -2.24. The molecule has 0 atom stereocenters. The summed E-state index contributed by atoms with van der Waals surface area (Å²) in [6.45, 7) is 4.52. The van der Waals surface area contributed by atoms with E-state index in [1.807, 2.05) is 11.8 Å². The molecule has 0 aromatic rings. The van der Waals surface area contributed by atoms with E-state index in [1.165, 1.54) is 17.9 Å². The molecule has 0 saturated carbocycles. The molecule has 0 heterocycles. The molecule has 0 aliphatic carbocycles. The maximum absolute atomic E-state index is 10.3. The van der Waals surface area contributed by atoms with Crippen LogP contribution in [0.5, 0.6) is 0 Å². The van der Waals surface area contributed by atoms with Gasteiger partial charge < -0.3 is 15.8 Å². The fourth-order valence-corrected chi connectivity index (χ4v) is 1.52. The van der Waals surface area contributed by atoms with Crippen molar-refractivity contribution in [2.75, 3.05) is 37.8 Å². The highest BCUT2D eigenvalue weighted by Crippen LogP contribution is 1.99. The summed E-state index contributed by atoms with van der Waals surface area (Å²) >= 11 is 1.95. The maximum atomic E-state index is 10.3. The molecule has 0 fully saturated rings. The maximum Gasteiger partial charge on any atom is 0.243 e. The van der Waals surface area contributed by atoms with Gasteiger partial charge in [-0.15, -0.1) is 0 Å². The van der Waals surface area contributed by atoms with E-state index in [-0.39, 0.29) is 6.61 Å². The molecule has 0 bridgehead atoms. The molecule has 0 rings (SSSR count). The minimum atomic E-state index is -0.413. The van der Waals surface area contributed by atoms with Crippen molar-refractivity contribution in [2.24, 2.45) is 5.73 Å². The van der Waals surface area contributed by atoms with Crippen molar-refractivity contribution in [1.29, 1.82) is 0 Å². The van der Waals surface area contributed by atoms with Gasteiger partial charge in [-0.1, -0.05) is 6.92 Å². The van der Waals surface area contributed by atoms with Gasteiger partial charge >= 0.3 is 0 Å². The van der Waals surface area contributed by atoms with Gasteiger partial charge in [-0.3, -0.25) is 4.79 Å². The summed E-state index contributed by atoms with van der Waals surface area (Å²) in [7, 11) is 0. The number of hydrogen-bond acceptors (Lipinski definition) is 4. The minimum absolute atomic E-state index is 0.0212. The molecule has 0 aliphatic rings. The number of carbonyl (C=O) groups excluding carboxylic acids is 1. The summed E-state index contributed by atoms with van der Waals surface area (Å²) in [5.41, 5.74) is 4.90. The van der Waals surface area contributed by atoms with Crippen molar-refractivity contribution in [3.8, 4) is 0 Å². The van der Waals surface area contributed by atoms with Crippen LogP contribution in [0.3, 0.4) is 0 Å². The number of carbonyl (C=O) groups is 1. The van der Waals surface area contributed by atoms with Gasteiger partial charge in [0.1, 0.15) is 6.61 Å². The highest BCUT2D eigenvalue weighted by Gasteiger charge is 1.93. The van der Waals surface area contributed by atoms with E-state index in [2.05, 4.69) is 12.2 Å². The minimum Gasteiger partial charge on any atom is -0.370 e. The van der Waals surface area contributed by atoms with E-state index in [0.29, 0.717) is 6.61 Å². The average molecular weight is 220 g/mol. The molecule has 1 amide bonds. The number of amides is 1. The summed E-state index contributed by atoms with van der Waals surface area (Å²) in [6, 6.07) is 0. The topological polar surface area (TPSA) is 64.3 Å². The number of thioether (sulfide) groups is 1. The second-order valence-electron chi connectivity index (χ2n) is 2.82. The molecule has 0 aliphatic heterocycles. The second kappa shape index (κ2) is 10.8. The molecule has 14 heavy (non-hydrogen) atoms. The molecule has 5 heteroatoms. The number of primary amides is 1. The predicted octanol–water partition coefficient (Wildman–Crippen LogP) is 0.221. The zero-order chi connectivity index (χ0) is 10.6. The van der Waals surface area contributed by atoms with Crippen LogP contribution in [-0.2, 0) is 9.53 Å². The van der Waals surface area contributed by atoms with E-state index in [1.54, 1.807) is 0 Å². The lowest BCUT2D eigenvalue weighted by atomic mass is 10.5. The Balaban J connectivity index is 2.88. The van der Waals surface area contributed by atoms with Gasteiger partial charge in [0.15, 0.2) is 0 Å². The van der Waals surface area contributed by atoms with Crippen LogP contribution in [0, 0.1) is 0 Å². The average Bonchev–Trinajstić information content (AvgIpc) is 2.15. The van der Waals surface area contributed by atoms with Crippen LogP contribution in [-0.4, -0.2) is 43.7 Å². The van der Waals surface area contributed by atoms with Crippen LogP contribution in [0.2, 0.25) is 0 Å². The molecule has 84 valence electrons. The number of rotatable bonds is 10. The molecule has 0 aromatic carbocycles. The Bertz CT molecular complexity index is 145. The fourth-order valence-electron chi connectivity index (χ4n) is 0.886. The zero-order valence-corrected chi connectivity index (χ0v) is 9.57. The van der Waals surface area contributed by atoms with E-state index in [9.17, 15) is 4.79 Å². The van der Waals surface area contributed by atoms with Gasteiger partial charge in [-0.2, -0.15) is 11.8 Å². The Hall–Kier alpha value is -0.260. The van der Waals surface area contributed by atoms with E-state index in [0.717, 1.165) is 13.1 Å². The third kappa shape index (κ3) is 11.7. The third-order valence-electron chi connectivity index (χ3n) is 1.51. The van der Waals surface area contributed by atoms with Crippen molar-refractivity contribution in [2.45, 2.75) is 13.3 Å². The summed E-state index contributed by atoms with van der Waals surface area (Å²) in [6.07, 6.45) is 1.17. The predicted molar refractivity (Wildman–Crippen MR) is 60.5 cm³/mol. The van der Waals surface area contributed by atoms with Gasteiger partial charge in [0.2, 0.25) is 5.91 Å². The largest absolute Gasteiger partial charge is 0.370 e. The smallest absolute Gasteiger partial charge is 0.243 e. The Morgan fingerprint density at radius 2 is 2.29 bits per heavy atom. The van der Waals surface area contributed by atoms with Gasteiger partial charge in [0.05, 0.1) is 6.61 Å². The number of hydrogen-bond donors (Lipinski definition) is 2. The van der Waals surface area contributed by atoms with Gasteiger partial charge in [-0.05, 0) is 24.5 Å². The monoisotopic (exact) mass is 220 g/mol. The first-order valence-electron chi connectivity index (χ1n) is 4.92. The van der Waals surface area contributed by atoms with E-state index < -0.39 is 5.91 Å². The highest BCUT2D eigenvalue weighted by molar-refractivity contribution is 7.99. The standard InChI is InChI=1S/C9H20N2O2S/c1-2-14-7-3-4-11-5-6-13-8-9(10)12/h11H,2-8H2,1H3,(H2,10,12). The summed E-state index contributed by atoms with van der Waals surface area (Å²) in [5.74, 6) is 1.97. The molecular weight excluding hydrogens is 200 g/mol. The Kier molecular flexibility index (Phi) is 10.6. The third-order valence-corrected chi connectivity index (χ3v) is 2.50. The van der Waals surface area contributed by atoms with Gasteiger partial charge in [-0.25, -0.2) is 0 Å². The number of nitrogens with one attached hydrogen (secondary N) is 1. The van der Waals surface area contributed by atoms with Crippen LogP contribution < -0.4 is 11.1 Å². The highest BCUT2D eigenvalue weighted by atomic mass is 32.2. The quantitative estimate of drug-likeness (QED) is 0.517. The van der Waals surface area contributed by atoms with Crippen LogP contribution in [0.15, 0.2) is 0 Å². The molecule has 0 aromatic heterocycles. The Morgan fingerprint density at radius 3 is 2.93 bits per heavy atom. The molecular formula is C9H20N2O2S. The summed E-state index contributed by atoms with van der Waals surface area (Å²) in [5, 5.41) is 3.23. The van der Waals surface area contributed by atoms with Crippen LogP contribution in [0.25, 0.3) is 0 Å². The molecule has 0 radical (unpaired) electrons. The Labute approximate surface area is 89.9 Å². The number of nitrogens with two attached hydrogens (primary N) is 1. The molecule has 0 unspecified atom stereocenters. The molecule has 4 nitrogen and oxygen atoms in total. The SMILES string of the molecule is CCSCCCNCCOCC(N)=O. The Morgan fingerprint density at radius 1 is 1.50 bits per heavy atom. The zero-order valence-electron chi connectivity index (χ0n) is 8.75. The summed E-state index contributed by atoms with van der Waals surface area (Å²) < 4.78 is 4.98. The molecule has 0 saturated heterocycles. The van der Waals surface area contributed by atoms with Gasteiger partial charge in [0, 0.05) is 6.54 Å². The first-order chi connectivity index (χ1) is 6.77. The molecule has 3 N–H and O–H groups in total.